The zero-order valence-electron chi connectivity index (χ0n) is 8.91. The average Bonchev–Trinajstić information content (AvgIpc) is 2.84. The molecule has 0 saturated heterocycles. The Kier molecular flexibility index (Phi) is 1.91. The Labute approximate surface area is 99.3 Å². The molecule has 2 heterocycles. The number of benzene rings is 1. The van der Waals surface area contributed by atoms with Crippen LogP contribution in [0.5, 0.6) is 0 Å². The maximum atomic E-state index is 10.9. The van der Waals surface area contributed by atoms with E-state index < -0.39 is 11.9 Å². The Morgan fingerprint density at radius 1 is 1.22 bits per heavy atom. The van der Waals surface area contributed by atoms with Crippen LogP contribution in [-0.4, -0.2) is 36.5 Å². The first-order valence-corrected chi connectivity index (χ1v) is 5.03. The Morgan fingerprint density at radius 3 is 2.67 bits per heavy atom. The van der Waals surface area contributed by atoms with Gasteiger partial charge in [-0.05, 0) is 18.2 Å². The lowest BCUT2D eigenvalue weighted by Crippen LogP contribution is -1.96. The predicted octanol–water partition coefficient (Wildman–Crippen LogP) is 1.21. The maximum Gasteiger partial charge on any atom is 0.353 e. The molecule has 0 aliphatic rings. The number of fused-ring (bicyclic) bond motifs is 3. The van der Waals surface area contributed by atoms with Gasteiger partial charge in [0.25, 0.3) is 0 Å². The van der Waals surface area contributed by atoms with E-state index in [0.717, 1.165) is 0 Å². The fourth-order valence-corrected chi connectivity index (χ4v) is 1.84. The largest absolute Gasteiger partial charge is 0.478 e. The molecule has 7 heteroatoms. The van der Waals surface area contributed by atoms with Crippen molar-refractivity contribution < 1.29 is 19.8 Å². The Bertz CT molecular complexity index is 799. The van der Waals surface area contributed by atoms with Crippen molar-refractivity contribution >= 4 is 28.7 Å². The lowest BCUT2D eigenvalue weighted by molar-refractivity contribution is 0.0683. The lowest BCUT2D eigenvalue weighted by Gasteiger charge is -1.94. The van der Waals surface area contributed by atoms with Crippen LogP contribution >= 0.6 is 0 Å². The minimum absolute atomic E-state index is 0.000119. The van der Waals surface area contributed by atoms with Crippen LogP contribution < -0.4 is 0 Å². The number of aromatic amines is 1. The van der Waals surface area contributed by atoms with Crippen LogP contribution in [0.3, 0.4) is 0 Å². The van der Waals surface area contributed by atoms with Gasteiger partial charge in [0.2, 0.25) is 5.78 Å². The molecule has 90 valence electrons. The first-order chi connectivity index (χ1) is 8.56. The maximum absolute atomic E-state index is 10.9. The van der Waals surface area contributed by atoms with Gasteiger partial charge in [-0.2, -0.15) is 0 Å². The van der Waals surface area contributed by atoms with Gasteiger partial charge in [-0.1, -0.05) is 0 Å². The van der Waals surface area contributed by atoms with Crippen LogP contribution in [0, 0.1) is 0 Å². The van der Waals surface area contributed by atoms with Crippen molar-refractivity contribution in [2.45, 2.75) is 0 Å². The summed E-state index contributed by atoms with van der Waals surface area (Å²) >= 11 is 0. The molecule has 0 bridgehead atoms. The highest BCUT2D eigenvalue weighted by Crippen LogP contribution is 2.18. The summed E-state index contributed by atoms with van der Waals surface area (Å²) in [6.45, 7) is 0. The molecule has 3 rings (SSSR count). The number of aromatic nitrogens is 3. The van der Waals surface area contributed by atoms with Gasteiger partial charge >= 0.3 is 11.9 Å². The summed E-state index contributed by atoms with van der Waals surface area (Å²) in [5, 5.41) is 17.8. The summed E-state index contributed by atoms with van der Waals surface area (Å²) in [5.41, 5.74) is 1.28. The second kappa shape index (κ2) is 3.33. The van der Waals surface area contributed by atoms with Crippen molar-refractivity contribution in [2.75, 3.05) is 0 Å². The second-order valence-corrected chi connectivity index (χ2v) is 3.79. The first-order valence-electron chi connectivity index (χ1n) is 5.03. The van der Waals surface area contributed by atoms with Gasteiger partial charge in [0.1, 0.15) is 5.69 Å². The van der Waals surface area contributed by atoms with Crippen molar-refractivity contribution in [1.82, 2.24) is 14.4 Å². The third kappa shape index (κ3) is 1.34. The molecule has 0 spiro atoms. The molecule has 0 unspecified atom stereocenters. The van der Waals surface area contributed by atoms with Crippen molar-refractivity contribution in [3.8, 4) is 0 Å². The van der Waals surface area contributed by atoms with Crippen LogP contribution in [0.4, 0.5) is 0 Å². The summed E-state index contributed by atoms with van der Waals surface area (Å²) in [6.07, 6.45) is 1.37. The molecular formula is C11H7N3O4. The van der Waals surface area contributed by atoms with E-state index in [1.165, 1.54) is 22.7 Å². The Morgan fingerprint density at radius 2 is 2.00 bits per heavy atom. The molecular weight excluding hydrogens is 238 g/mol. The number of carboxylic acids is 2. The summed E-state index contributed by atoms with van der Waals surface area (Å²) < 4.78 is 1.52. The minimum Gasteiger partial charge on any atom is -0.478 e. The molecule has 0 aliphatic carbocycles. The number of nitrogens with zero attached hydrogens (tertiary/aromatic N) is 2. The van der Waals surface area contributed by atoms with E-state index in [1.807, 2.05) is 0 Å². The number of nitrogens with one attached hydrogen (secondary N) is 1. The first kappa shape index (κ1) is 10.3. The number of carboxylic acid groups (broad SMARTS) is 2. The Balaban J connectivity index is 2.33. The van der Waals surface area contributed by atoms with Crippen LogP contribution in [0.1, 0.15) is 20.8 Å². The fraction of sp³-hybridized carbons (Fsp3) is 0. The van der Waals surface area contributed by atoms with Gasteiger partial charge in [-0.25, -0.2) is 14.6 Å². The summed E-state index contributed by atoms with van der Waals surface area (Å²) in [5.74, 6) is -1.77. The molecule has 0 radical (unpaired) electrons. The second-order valence-electron chi connectivity index (χ2n) is 3.79. The molecule has 0 saturated carbocycles. The molecule has 1 aromatic carbocycles. The highest BCUT2D eigenvalue weighted by Gasteiger charge is 2.13. The molecule has 0 amide bonds. The van der Waals surface area contributed by atoms with Crippen LogP contribution in [0.15, 0.2) is 24.4 Å². The van der Waals surface area contributed by atoms with Crippen molar-refractivity contribution in [3.63, 3.8) is 0 Å². The fourth-order valence-electron chi connectivity index (χ4n) is 1.84. The number of hydrogen-bond donors (Lipinski definition) is 3. The molecule has 0 aliphatic heterocycles. The van der Waals surface area contributed by atoms with E-state index in [2.05, 4.69) is 9.97 Å². The number of H-pyrrole nitrogens is 1. The van der Waals surface area contributed by atoms with Gasteiger partial charge in [0, 0.05) is 6.20 Å². The zero-order valence-corrected chi connectivity index (χ0v) is 8.91. The van der Waals surface area contributed by atoms with Gasteiger partial charge < -0.3 is 15.2 Å². The molecule has 2 aromatic heterocycles. The molecule has 18 heavy (non-hydrogen) atoms. The van der Waals surface area contributed by atoms with E-state index in [0.29, 0.717) is 16.8 Å². The zero-order chi connectivity index (χ0) is 12.9. The molecule has 3 N–H and O–H groups in total. The van der Waals surface area contributed by atoms with Crippen molar-refractivity contribution in [2.24, 2.45) is 0 Å². The van der Waals surface area contributed by atoms with Crippen LogP contribution in [-0.2, 0) is 0 Å². The molecule has 3 aromatic rings. The van der Waals surface area contributed by atoms with E-state index in [1.54, 1.807) is 6.07 Å². The third-order valence-corrected chi connectivity index (χ3v) is 2.67. The monoisotopic (exact) mass is 245 g/mol. The Hall–Kier alpha value is -2.83. The molecule has 7 nitrogen and oxygen atoms in total. The van der Waals surface area contributed by atoms with Crippen molar-refractivity contribution in [3.05, 3.63) is 35.7 Å². The van der Waals surface area contributed by atoms with Gasteiger partial charge in [0.15, 0.2) is 0 Å². The molecule has 0 fully saturated rings. The highest BCUT2D eigenvalue weighted by atomic mass is 16.4. The highest BCUT2D eigenvalue weighted by molar-refractivity contribution is 5.94. The summed E-state index contributed by atoms with van der Waals surface area (Å²) in [6, 6.07) is 4.49. The van der Waals surface area contributed by atoms with E-state index in [-0.39, 0.29) is 11.3 Å². The quantitative estimate of drug-likeness (QED) is 0.629. The SMILES string of the molecule is O=C(O)c1ccc2nc3[nH]c(C(=O)O)cn3c2c1. The number of aromatic carboxylic acids is 2. The minimum atomic E-state index is -1.09. The normalized spacial score (nSPS) is 11.1. The third-order valence-electron chi connectivity index (χ3n) is 2.67. The topological polar surface area (TPSA) is 108 Å². The summed E-state index contributed by atoms with van der Waals surface area (Å²) in [4.78, 5) is 28.5. The van der Waals surface area contributed by atoms with Gasteiger partial charge in [0.05, 0.1) is 16.6 Å². The lowest BCUT2D eigenvalue weighted by atomic mass is 10.2. The van der Waals surface area contributed by atoms with Crippen molar-refractivity contribution in [1.29, 1.82) is 0 Å². The number of rotatable bonds is 2. The average molecular weight is 245 g/mol. The molecule has 0 atom stereocenters. The van der Waals surface area contributed by atoms with E-state index >= 15 is 0 Å². The number of imidazole rings is 2. The number of hydrogen-bond acceptors (Lipinski definition) is 3. The van der Waals surface area contributed by atoms with Gasteiger partial charge in [-0.15, -0.1) is 0 Å². The van der Waals surface area contributed by atoms with E-state index in [4.69, 9.17) is 10.2 Å². The predicted molar refractivity (Wildman–Crippen MR) is 61.0 cm³/mol. The van der Waals surface area contributed by atoms with Crippen LogP contribution in [0.2, 0.25) is 0 Å². The van der Waals surface area contributed by atoms with Crippen LogP contribution in [0.25, 0.3) is 16.8 Å². The van der Waals surface area contributed by atoms with Gasteiger partial charge in [-0.3, -0.25) is 4.40 Å². The van der Waals surface area contributed by atoms with E-state index in [9.17, 15) is 9.59 Å². The summed E-state index contributed by atoms with van der Waals surface area (Å²) in [7, 11) is 0. The smallest absolute Gasteiger partial charge is 0.353 e. The number of carbonyl (C=O) groups is 2. The standard InChI is InChI=1S/C11H7N3O4/c15-9(16)5-1-2-6-8(3-5)14-4-7(10(17)18)13-11(14)12-6/h1-4H,(H,12,13)(H,15,16)(H,17,18).